The summed E-state index contributed by atoms with van der Waals surface area (Å²) in [7, 11) is 0. The third-order valence-electron chi connectivity index (χ3n) is 4.54. The summed E-state index contributed by atoms with van der Waals surface area (Å²) in [6.45, 7) is 15.4. The normalized spacial score (nSPS) is 16.7. The van der Waals surface area contributed by atoms with Gasteiger partial charge in [-0.3, -0.25) is 14.7 Å². The van der Waals surface area contributed by atoms with Gasteiger partial charge in [-0.25, -0.2) is 0 Å². The molecule has 0 aliphatic carbocycles. The van der Waals surface area contributed by atoms with Gasteiger partial charge < -0.3 is 15.5 Å². The number of nitrogens with zero attached hydrogens (tertiary/aromatic N) is 3. The minimum Gasteiger partial charge on any atom is -0.357 e. The van der Waals surface area contributed by atoms with E-state index >= 15 is 0 Å². The summed E-state index contributed by atoms with van der Waals surface area (Å²) in [5, 5.41) is 6.74. The highest BCUT2D eigenvalue weighted by atomic mass is 16.2. The Hall–Kier alpha value is -1.30. The number of carbonyl (C=O) groups excluding carboxylic acids is 1. The average Bonchev–Trinajstić information content (AvgIpc) is 2.56. The third-order valence-corrected chi connectivity index (χ3v) is 4.54. The van der Waals surface area contributed by atoms with E-state index in [-0.39, 0.29) is 5.91 Å². The molecule has 1 heterocycles. The maximum absolute atomic E-state index is 11.3. The summed E-state index contributed by atoms with van der Waals surface area (Å²) in [4.78, 5) is 20.3. The van der Waals surface area contributed by atoms with Crippen LogP contribution >= 0.6 is 0 Å². The van der Waals surface area contributed by atoms with E-state index in [1.54, 1.807) is 6.92 Å². The van der Waals surface area contributed by atoms with Crippen LogP contribution in [0, 0.1) is 5.92 Å². The lowest BCUT2D eigenvalue weighted by atomic mass is 10.0. The fourth-order valence-corrected chi connectivity index (χ4v) is 2.73. The number of nitrogens with one attached hydrogen (secondary N) is 2. The van der Waals surface area contributed by atoms with Gasteiger partial charge in [0.1, 0.15) is 0 Å². The average molecular weight is 326 g/mol. The molecule has 2 N–H and O–H groups in total. The first-order valence-corrected chi connectivity index (χ1v) is 9.10. The van der Waals surface area contributed by atoms with Crippen LogP contribution in [0.3, 0.4) is 0 Å². The largest absolute Gasteiger partial charge is 0.357 e. The van der Waals surface area contributed by atoms with Crippen LogP contribution in [0.2, 0.25) is 0 Å². The SMILES string of the molecule is CCNC(=NCC(CC)CC)NCCN1CCN(C(C)=O)CC1. The van der Waals surface area contributed by atoms with Crippen LogP contribution in [-0.2, 0) is 4.79 Å². The number of piperazine rings is 1. The maximum atomic E-state index is 11.3. The molecule has 1 aliphatic rings. The summed E-state index contributed by atoms with van der Waals surface area (Å²) >= 11 is 0. The zero-order valence-electron chi connectivity index (χ0n) is 15.4. The van der Waals surface area contributed by atoms with Gasteiger partial charge in [-0.05, 0) is 12.8 Å². The Morgan fingerprint density at radius 3 is 2.26 bits per heavy atom. The number of hydrogen-bond donors (Lipinski definition) is 2. The Morgan fingerprint density at radius 1 is 1.09 bits per heavy atom. The zero-order valence-corrected chi connectivity index (χ0v) is 15.4. The lowest BCUT2D eigenvalue weighted by Gasteiger charge is -2.34. The van der Waals surface area contributed by atoms with E-state index in [1.807, 2.05) is 4.90 Å². The lowest BCUT2D eigenvalue weighted by Crippen LogP contribution is -2.50. The summed E-state index contributed by atoms with van der Waals surface area (Å²) in [6.07, 6.45) is 2.36. The Labute approximate surface area is 141 Å². The van der Waals surface area contributed by atoms with E-state index in [0.717, 1.165) is 58.3 Å². The molecule has 1 aliphatic heterocycles. The predicted molar refractivity (Wildman–Crippen MR) is 96.7 cm³/mol. The molecule has 1 fully saturated rings. The van der Waals surface area contributed by atoms with Gasteiger partial charge in [0.15, 0.2) is 5.96 Å². The van der Waals surface area contributed by atoms with E-state index in [0.29, 0.717) is 5.92 Å². The van der Waals surface area contributed by atoms with Gasteiger partial charge in [0.05, 0.1) is 0 Å². The van der Waals surface area contributed by atoms with Gasteiger partial charge in [0.2, 0.25) is 5.91 Å². The van der Waals surface area contributed by atoms with E-state index in [1.165, 1.54) is 12.8 Å². The van der Waals surface area contributed by atoms with Gasteiger partial charge in [-0.2, -0.15) is 0 Å². The molecule has 6 nitrogen and oxygen atoms in total. The molecule has 0 aromatic heterocycles. The van der Waals surface area contributed by atoms with Crippen molar-refractivity contribution in [1.82, 2.24) is 20.4 Å². The second kappa shape index (κ2) is 11.3. The highest BCUT2D eigenvalue weighted by Crippen LogP contribution is 2.07. The van der Waals surface area contributed by atoms with Crippen LogP contribution in [0.5, 0.6) is 0 Å². The summed E-state index contributed by atoms with van der Waals surface area (Å²) in [5.41, 5.74) is 0. The molecule has 23 heavy (non-hydrogen) atoms. The molecule has 0 aromatic carbocycles. The lowest BCUT2D eigenvalue weighted by molar-refractivity contribution is -0.130. The standard InChI is InChI=1S/C17H35N5O/c1-5-16(6-2)14-20-17(18-7-3)19-8-9-21-10-12-22(13-11-21)15(4)23/h16H,5-14H2,1-4H3,(H2,18,19,20). The number of rotatable bonds is 8. The molecular weight excluding hydrogens is 290 g/mol. The van der Waals surface area contributed by atoms with Crippen LogP contribution in [0.25, 0.3) is 0 Å². The fraction of sp³-hybridized carbons (Fsp3) is 0.882. The van der Waals surface area contributed by atoms with E-state index in [4.69, 9.17) is 4.99 Å². The van der Waals surface area contributed by atoms with Crippen molar-refractivity contribution in [3.8, 4) is 0 Å². The highest BCUT2D eigenvalue weighted by molar-refractivity contribution is 5.79. The highest BCUT2D eigenvalue weighted by Gasteiger charge is 2.17. The molecule has 1 saturated heterocycles. The van der Waals surface area contributed by atoms with Crippen molar-refractivity contribution in [2.45, 2.75) is 40.5 Å². The molecule has 1 amide bonds. The van der Waals surface area contributed by atoms with Crippen LogP contribution < -0.4 is 10.6 Å². The predicted octanol–water partition coefficient (Wildman–Crippen LogP) is 1.14. The van der Waals surface area contributed by atoms with Crippen LogP contribution in [0.4, 0.5) is 0 Å². The van der Waals surface area contributed by atoms with Gasteiger partial charge in [0, 0.05) is 59.3 Å². The van der Waals surface area contributed by atoms with Crippen molar-refractivity contribution in [3.63, 3.8) is 0 Å². The molecule has 0 bridgehead atoms. The zero-order chi connectivity index (χ0) is 17.1. The molecule has 1 rings (SSSR count). The molecule has 0 saturated carbocycles. The van der Waals surface area contributed by atoms with Gasteiger partial charge in [-0.15, -0.1) is 0 Å². The number of aliphatic imine (C=N–C) groups is 1. The van der Waals surface area contributed by atoms with E-state index in [9.17, 15) is 4.79 Å². The molecular formula is C17H35N5O. The summed E-state index contributed by atoms with van der Waals surface area (Å²) in [5.74, 6) is 1.78. The Kier molecular flexibility index (Phi) is 9.67. The number of guanidine groups is 1. The monoisotopic (exact) mass is 325 g/mol. The first-order valence-electron chi connectivity index (χ1n) is 9.10. The smallest absolute Gasteiger partial charge is 0.219 e. The van der Waals surface area contributed by atoms with Gasteiger partial charge in [-0.1, -0.05) is 26.7 Å². The Bertz CT molecular complexity index is 360. The quantitative estimate of drug-likeness (QED) is 0.519. The van der Waals surface area contributed by atoms with Gasteiger partial charge in [0.25, 0.3) is 0 Å². The molecule has 0 unspecified atom stereocenters. The Morgan fingerprint density at radius 2 is 1.74 bits per heavy atom. The van der Waals surface area contributed by atoms with Crippen LogP contribution in [0.15, 0.2) is 4.99 Å². The second-order valence-electron chi connectivity index (χ2n) is 6.18. The number of amides is 1. The Balaban J connectivity index is 2.30. The maximum Gasteiger partial charge on any atom is 0.219 e. The fourth-order valence-electron chi connectivity index (χ4n) is 2.73. The minimum absolute atomic E-state index is 0.186. The van der Waals surface area contributed by atoms with Crippen molar-refractivity contribution in [3.05, 3.63) is 0 Å². The first-order chi connectivity index (χ1) is 11.1. The number of carbonyl (C=O) groups is 1. The van der Waals surface area contributed by atoms with Crippen molar-refractivity contribution in [2.75, 3.05) is 52.4 Å². The number of hydrogen-bond acceptors (Lipinski definition) is 3. The topological polar surface area (TPSA) is 60.0 Å². The molecule has 0 radical (unpaired) electrons. The first kappa shape index (κ1) is 19.7. The third kappa shape index (κ3) is 7.68. The second-order valence-corrected chi connectivity index (χ2v) is 6.18. The summed E-state index contributed by atoms with van der Waals surface area (Å²) in [6, 6.07) is 0. The van der Waals surface area contributed by atoms with E-state index < -0.39 is 0 Å². The molecule has 0 spiro atoms. The molecule has 134 valence electrons. The van der Waals surface area contributed by atoms with Crippen molar-refractivity contribution >= 4 is 11.9 Å². The van der Waals surface area contributed by atoms with Crippen molar-refractivity contribution in [1.29, 1.82) is 0 Å². The molecule has 0 atom stereocenters. The van der Waals surface area contributed by atoms with Crippen LogP contribution in [-0.4, -0.2) is 74.0 Å². The molecule has 6 heteroatoms. The summed E-state index contributed by atoms with van der Waals surface area (Å²) < 4.78 is 0. The minimum atomic E-state index is 0.186. The molecule has 0 aromatic rings. The van der Waals surface area contributed by atoms with Crippen molar-refractivity contribution < 1.29 is 4.79 Å². The van der Waals surface area contributed by atoms with Crippen LogP contribution in [0.1, 0.15) is 40.5 Å². The van der Waals surface area contributed by atoms with Gasteiger partial charge >= 0.3 is 0 Å². The van der Waals surface area contributed by atoms with Crippen molar-refractivity contribution in [2.24, 2.45) is 10.9 Å². The van der Waals surface area contributed by atoms with E-state index in [2.05, 4.69) is 36.3 Å².